The van der Waals surface area contributed by atoms with Gasteiger partial charge in [0, 0.05) is 12.0 Å². The fourth-order valence-corrected chi connectivity index (χ4v) is 0.594. The Balaban J connectivity index is 0. The Morgan fingerprint density at radius 1 is 1.42 bits per heavy atom. The second-order valence-corrected chi connectivity index (χ2v) is 3.73. The van der Waals surface area contributed by atoms with Gasteiger partial charge in [-0.1, -0.05) is 6.58 Å². The molecule has 0 rings (SSSR count). The maximum atomic E-state index is 10.5. The monoisotopic (exact) mass is 174 g/mol. The Morgan fingerprint density at radius 3 is 2.08 bits per heavy atom. The maximum Gasteiger partial charge on any atom is 0.244 e. The van der Waals surface area contributed by atoms with Crippen molar-refractivity contribution >= 4 is 5.91 Å². The molecule has 0 aliphatic rings. The minimum Gasteiger partial charge on any atom is -0.870 e. The van der Waals surface area contributed by atoms with Crippen molar-refractivity contribution < 1.29 is 14.8 Å². The second-order valence-electron chi connectivity index (χ2n) is 3.73. The van der Waals surface area contributed by atoms with Crippen LogP contribution >= 0.6 is 0 Å². The Bertz CT molecular complexity index is 170. The number of carbonyl (C=O) groups excluding carboxylic acids is 1. The number of hydrogen-bond donors (Lipinski definition) is 1. The largest absolute Gasteiger partial charge is 0.870 e. The number of nitrogens with zero attached hydrogens (tertiary/aromatic N) is 1. The third-order valence-electron chi connectivity index (χ3n) is 1.43. The minimum absolute atomic E-state index is 0. The van der Waals surface area contributed by atoms with Gasteiger partial charge >= 0.3 is 0 Å². The Labute approximate surface area is 73.6 Å². The van der Waals surface area contributed by atoms with Gasteiger partial charge in [0.05, 0.1) is 27.7 Å². The van der Waals surface area contributed by atoms with E-state index in [1.54, 1.807) is 0 Å². The van der Waals surface area contributed by atoms with Crippen molar-refractivity contribution in [1.29, 1.82) is 0 Å². The summed E-state index contributed by atoms with van der Waals surface area (Å²) in [6, 6.07) is 0. The van der Waals surface area contributed by atoms with Gasteiger partial charge < -0.3 is 15.7 Å². The van der Waals surface area contributed by atoms with Gasteiger partial charge in [-0.2, -0.15) is 0 Å². The smallest absolute Gasteiger partial charge is 0.244 e. The van der Waals surface area contributed by atoms with E-state index >= 15 is 0 Å². The van der Waals surface area contributed by atoms with E-state index in [4.69, 9.17) is 5.73 Å². The molecule has 0 bridgehead atoms. The first-order valence-electron chi connectivity index (χ1n) is 3.61. The van der Waals surface area contributed by atoms with E-state index in [2.05, 4.69) is 27.7 Å². The van der Waals surface area contributed by atoms with E-state index in [1.807, 2.05) is 0 Å². The molecular formula is C8H18N2O2. The summed E-state index contributed by atoms with van der Waals surface area (Å²) in [6.45, 7) is 4.46. The predicted molar refractivity (Wildman–Crippen MR) is 47.8 cm³/mol. The summed E-state index contributed by atoms with van der Waals surface area (Å²) in [7, 11) is 6.19. The zero-order valence-electron chi connectivity index (χ0n) is 8.00. The lowest BCUT2D eigenvalue weighted by Crippen LogP contribution is -2.36. The van der Waals surface area contributed by atoms with E-state index in [0.717, 1.165) is 11.0 Å². The van der Waals surface area contributed by atoms with Crippen LogP contribution in [0.15, 0.2) is 12.2 Å². The van der Waals surface area contributed by atoms with Crippen LogP contribution < -0.4 is 5.73 Å². The molecule has 0 radical (unpaired) electrons. The molecule has 4 nitrogen and oxygen atoms in total. The molecule has 0 fully saturated rings. The normalized spacial score (nSPS) is 10.2. The average Bonchev–Trinajstić information content (AvgIpc) is 1.80. The van der Waals surface area contributed by atoms with Gasteiger partial charge in [-0.05, 0) is 0 Å². The van der Waals surface area contributed by atoms with E-state index in [0.29, 0.717) is 12.0 Å². The van der Waals surface area contributed by atoms with Crippen molar-refractivity contribution in [3.05, 3.63) is 12.2 Å². The highest BCUT2D eigenvalue weighted by molar-refractivity contribution is 5.91. The zero-order chi connectivity index (χ0) is 9.07. The number of quaternary nitrogens is 1. The molecule has 0 aromatic heterocycles. The summed E-state index contributed by atoms with van der Waals surface area (Å²) in [5.74, 6) is -0.390. The highest BCUT2D eigenvalue weighted by Gasteiger charge is 2.09. The first-order chi connectivity index (χ1) is 4.83. The van der Waals surface area contributed by atoms with Crippen molar-refractivity contribution in [1.82, 2.24) is 0 Å². The molecule has 72 valence electrons. The highest BCUT2D eigenvalue weighted by Crippen LogP contribution is 2.01. The third kappa shape index (κ3) is 7.24. The number of amides is 1. The van der Waals surface area contributed by atoms with Crippen molar-refractivity contribution in [3.8, 4) is 0 Å². The highest BCUT2D eigenvalue weighted by atomic mass is 16.1. The molecule has 0 saturated heterocycles. The first kappa shape index (κ1) is 13.7. The topological polar surface area (TPSA) is 73.1 Å². The minimum atomic E-state index is -0.390. The van der Waals surface area contributed by atoms with Crippen LogP contribution in [0.5, 0.6) is 0 Å². The number of nitrogens with two attached hydrogens (primary N) is 1. The second kappa shape index (κ2) is 4.90. The molecule has 0 saturated carbocycles. The molecule has 0 atom stereocenters. The summed E-state index contributed by atoms with van der Waals surface area (Å²) in [5.41, 5.74) is 5.53. The van der Waals surface area contributed by atoms with Gasteiger partial charge in [0.2, 0.25) is 5.91 Å². The van der Waals surface area contributed by atoms with E-state index in [-0.39, 0.29) is 5.48 Å². The van der Waals surface area contributed by atoms with Crippen molar-refractivity contribution in [2.75, 3.05) is 27.7 Å². The zero-order valence-corrected chi connectivity index (χ0v) is 8.00. The number of hydrogen-bond acceptors (Lipinski definition) is 2. The van der Waals surface area contributed by atoms with E-state index in [1.165, 1.54) is 0 Å². The molecule has 3 N–H and O–H groups in total. The molecule has 4 heteroatoms. The SMILES string of the molecule is C=C(CC[N+](C)(C)C)C(N)=O.[OH-]. The van der Waals surface area contributed by atoms with Gasteiger partial charge in [0.25, 0.3) is 0 Å². The Kier molecular flexibility index (Phi) is 5.59. The van der Waals surface area contributed by atoms with Crippen LogP contribution in [-0.4, -0.2) is 43.6 Å². The molecule has 0 aliphatic carbocycles. The predicted octanol–water partition coefficient (Wildman–Crippen LogP) is -0.0526. The third-order valence-corrected chi connectivity index (χ3v) is 1.43. The first-order valence-corrected chi connectivity index (χ1v) is 3.61. The standard InChI is InChI=1S/C8H16N2O.H2O/c1-7(8(9)11)5-6-10(2,3)4;/h1,5-6H2,2-4H3,(H-,9,11);1H2. The lowest BCUT2D eigenvalue weighted by atomic mass is 10.2. The fourth-order valence-electron chi connectivity index (χ4n) is 0.594. The summed E-state index contributed by atoms with van der Waals surface area (Å²) in [5, 5.41) is 0. The summed E-state index contributed by atoms with van der Waals surface area (Å²) >= 11 is 0. The van der Waals surface area contributed by atoms with Crippen LogP contribution in [0.4, 0.5) is 0 Å². The fraction of sp³-hybridized carbons (Fsp3) is 0.625. The molecule has 0 aromatic rings. The number of carbonyl (C=O) groups is 1. The summed E-state index contributed by atoms with van der Waals surface area (Å²) in [6.07, 6.45) is 0.679. The molecule has 0 unspecified atom stereocenters. The number of primary amides is 1. The summed E-state index contributed by atoms with van der Waals surface area (Å²) in [4.78, 5) is 10.5. The molecule has 0 spiro atoms. The van der Waals surface area contributed by atoms with Gasteiger partial charge in [0.15, 0.2) is 0 Å². The molecule has 12 heavy (non-hydrogen) atoms. The van der Waals surface area contributed by atoms with Gasteiger partial charge in [0.1, 0.15) is 0 Å². The molecule has 0 aliphatic heterocycles. The van der Waals surface area contributed by atoms with E-state index < -0.39 is 5.91 Å². The molecule has 0 aromatic carbocycles. The van der Waals surface area contributed by atoms with Crippen LogP contribution in [0.3, 0.4) is 0 Å². The van der Waals surface area contributed by atoms with E-state index in [9.17, 15) is 4.79 Å². The van der Waals surface area contributed by atoms with Crippen LogP contribution in [0.25, 0.3) is 0 Å². The lowest BCUT2D eigenvalue weighted by Gasteiger charge is -2.23. The molecular weight excluding hydrogens is 156 g/mol. The Morgan fingerprint density at radius 2 is 1.83 bits per heavy atom. The van der Waals surface area contributed by atoms with Crippen LogP contribution in [0, 0.1) is 0 Å². The van der Waals surface area contributed by atoms with Gasteiger partial charge in [-0.15, -0.1) is 0 Å². The summed E-state index contributed by atoms with van der Waals surface area (Å²) < 4.78 is 0.826. The lowest BCUT2D eigenvalue weighted by molar-refractivity contribution is -0.870. The van der Waals surface area contributed by atoms with Gasteiger partial charge in [-0.25, -0.2) is 0 Å². The van der Waals surface area contributed by atoms with Crippen molar-refractivity contribution in [2.24, 2.45) is 5.73 Å². The van der Waals surface area contributed by atoms with Crippen LogP contribution in [0.1, 0.15) is 6.42 Å². The van der Waals surface area contributed by atoms with Crippen LogP contribution in [0.2, 0.25) is 0 Å². The van der Waals surface area contributed by atoms with Crippen molar-refractivity contribution in [2.45, 2.75) is 6.42 Å². The average molecular weight is 174 g/mol. The quantitative estimate of drug-likeness (QED) is 0.479. The molecule has 1 amide bonds. The maximum absolute atomic E-state index is 10.5. The van der Waals surface area contributed by atoms with Gasteiger partial charge in [-0.3, -0.25) is 4.79 Å². The Hall–Kier alpha value is -0.870. The molecule has 0 heterocycles. The van der Waals surface area contributed by atoms with Crippen molar-refractivity contribution in [3.63, 3.8) is 0 Å². The number of rotatable bonds is 4. The van der Waals surface area contributed by atoms with Crippen LogP contribution in [-0.2, 0) is 4.79 Å².